The number of hydrogen-bond donors (Lipinski definition) is 1. The van der Waals surface area contributed by atoms with Gasteiger partial charge in [-0.15, -0.1) is 0 Å². The maximum Gasteiger partial charge on any atom is 0.340 e. The molecule has 34 heavy (non-hydrogen) atoms. The van der Waals surface area contributed by atoms with Crippen LogP contribution in [0.1, 0.15) is 55.0 Å². The van der Waals surface area contributed by atoms with Crippen LogP contribution < -0.4 is 20.4 Å². The molecule has 176 valence electrons. The zero-order valence-corrected chi connectivity index (χ0v) is 19.2. The van der Waals surface area contributed by atoms with E-state index < -0.39 is 17.6 Å². The Hall–Kier alpha value is -3.94. The van der Waals surface area contributed by atoms with Crippen LogP contribution >= 0.6 is 0 Å². The van der Waals surface area contributed by atoms with Gasteiger partial charge in [-0.3, -0.25) is 14.4 Å². The zero-order chi connectivity index (χ0) is 24.4. The summed E-state index contributed by atoms with van der Waals surface area (Å²) in [6.45, 7) is 4.08. The summed E-state index contributed by atoms with van der Waals surface area (Å²) in [5, 5.41) is 3.52. The smallest absolute Gasteiger partial charge is 0.340 e. The molecular weight excluding hydrogens is 438 g/mol. The fourth-order valence-electron chi connectivity index (χ4n) is 4.40. The summed E-state index contributed by atoms with van der Waals surface area (Å²) in [4.78, 5) is 48.8. The van der Waals surface area contributed by atoms with Gasteiger partial charge in [0.05, 0.1) is 18.0 Å². The molecule has 1 aliphatic rings. The summed E-state index contributed by atoms with van der Waals surface area (Å²) in [5.41, 5.74) is 2.31. The normalized spacial score (nSPS) is 14.9. The van der Waals surface area contributed by atoms with Crippen molar-refractivity contribution in [2.45, 2.75) is 52.5 Å². The van der Waals surface area contributed by atoms with E-state index in [-0.39, 0.29) is 41.0 Å². The highest BCUT2D eigenvalue weighted by Crippen LogP contribution is 2.37. The van der Waals surface area contributed by atoms with Gasteiger partial charge in [0.15, 0.2) is 11.3 Å². The molecule has 8 nitrogen and oxygen atoms in total. The van der Waals surface area contributed by atoms with Gasteiger partial charge in [0, 0.05) is 19.2 Å². The van der Waals surface area contributed by atoms with Crippen molar-refractivity contribution in [3.63, 3.8) is 0 Å². The molecule has 3 aromatic rings. The van der Waals surface area contributed by atoms with Gasteiger partial charge in [-0.05, 0) is 55.0 Å². The fraction of sp³-hybridized carbons (Fsp3) is 0.308. The van der Waals surface area contributed by atoms with Crippen molar-refractivity contribution in [3.05, 3.63) is 69.1 Å². The van der Waals surface area contributed by atoms with Crippen molar-refractivity contribution >= 4 is 28.8 Å². The van der Waals surface area contributed by atoms with Gasteiger partial charge in [0.25, 0.3) is 0 Å². The number of carbonyl (C=O) groups excluding carboxylic acids is 3. The number of benzene rings is 2. The molecule has 0 saturated heterocycles. The molecule has 4 rings (SSSR count). The molecule has 1 amide bonds. The van der Waals surface area contributed by atoms with Crippen LogP contribution in [0, 0.1) is 6.92 Å². The van der Waals surface area contributed by atoms with Gasteiger partial charge in [0.1, 0.15) is 0 Å². The lowest BCUT2D eigenvalue weighted by Gasteiger charge is -2.26. The number of hydrogen-bond acceptors (Lipinski definition) is 7. The van der Waals surface area contributed by atoms with E-state index in [2.05, 4.69) is 11.4 Å². The maximum atomic E-state index is 12.9. The molecule has 0 aliphatic heterocycles. The molecule has 0 bridgehead atoms. The standard InChI is InChI=1S/C26H25NO7/c1-14-18-11-12-22(32-15(2)28)25(33-16(3)29)24(18)34-26(31)20(14)13-23(30)27-21-10-6-8-17-7-4-5-9-19(17)21/h4-5,7,9,11-12,21H,6,8,10,13H2,1-3H3,(H,27,30)/t21-/m0/s1. The maximum absolute atomic E-state index is 12.9. The Morgan fingerprint density at radius 3 is 2.53 bits per heavy atom. The first kappa shape index (κ1) is 23.2. The summed E-state index contributed by atoms with van der Waals surface area (Å²) in [7, 11) is 0. The summed E-state index contributed by atoms with van der Waals surface area (Å²) in [5.74, 6) is -1.77. The van der Waals surface area contributed by atoms with Crippen LogP contribution in [0.25, 0.3) is 11.0 Å². The Morgan fingerprint density at radius 2 is 1.79 bits per heavy atom. The summed E-state index contributed by atoms with van der Waals surface area (Å²) in [6.07, 6.45) is 2.63. The number of esters is 2. The summed E-state index contributed by atoms with van der Waals surface area (Å²) >= 11 is 0. The van der Waals surface area contributed by atoms with Gasteiger partial charge in [-0.2, -0.15) is 0 Å². The number of amides is 1. The van der Waals surface area contributed by atoms with E-state index >= 15 is 0 Å². The van der Waals surface area contributed by atoms with Crippen molar-refractivity contribution in [3.8, 4) is 11.5 Å². The first-order valence-electron chi connectivity index (χ1n) is 11.1. The topological polar surface area (TPSA) is 112 Å². The molecule has 1 aromatic heterocycles. The quantitative estimate of drug-likeness (QED) is 0.349. The number of fused-ring (bicyclic) bond motifs is 2. The largest absolute Gasteiger partial charge is 0.423 e. The van der Waals surface area contributed by atoms with Crippen molar-refractivity contribution in [2.75, 3.05) is 0 Å². The average Bonchev–Trinajstić information content (AvgIpc) is 2.78. The van der Waals surface area contributed by atoms with Crippen molar-refractivity contribution in [2.24, 2.45) is 0 Å². The van der Waals surface area contributed by atoms with Crippen LogP contribution in [0.3, 0.4) is 0 Å². The number of aryl methyl sites for hydroxylation is 2. The van der Waals surface area contributed by atoms with Gasteiger partial charge in [-0.25, -0.2) is 4.79 Å². The number of carbonyl (C=O) groups is 3. The lowest BCUT2D eigenvalue weighted by molar-refractivity contribution is -0.134. The Labute approximate surface area is 195 Å². The van der Waals surface area contributed by atoms with Crippen molar-refractivity contribution in [1.82, 2.24) is 5.32 Å². The minimum absolute atomic E-state index is 0.0261. The minimum atomic E-state index is -0.724. The molecule has 0 saturated carbocycles. The van der Waals surface area contributed by atoms with E-state index in [1.165, 1.54) is 25.5 Å². The van der Waals surface area contributed by atoms with Crippen molar-refractivity contribution < 1.29 is 28.3 Å². The second-order valence-electron chi connectivity index (χ2n) is 8.34. The first-order chi connectivity index (χ1) is 16.2. The third-order valence-corrected chi connectivity index (χ3v) is 5.92. The highest BCUT2D eigenvalue weighted by molar-refractivity contribution is 5.92. The van der Waals surface area contributed by atoms with E-state index in [4.69, 9.17) is 13.9 Å². The minimum Gasteiger partial charge on any atom is -0.423 e. The molecule has 0 unspecified atom stereocenters. The third kappa shape index (κ3) is 4.71. The van der Waals surface area contributed by atoms with Gasteiger partial charge in [-0.1, -0.05) is 24.3 Å². The summed E-state index contributed by atoms with van der Waals surface area (Å²) < 4.78 is 15.8. The van der Waals surface area contributed by atoms with Crippen LogP contribution in [0.2, 0.25) is 0 Å². The molecule has 0 fully saturated rings. The number of nitrogens with one attached hydrogen (secondary N) is 1. The average molecular weight is 463 g/mol. The lowest BCUT2D eigenvalue weighted by atomic mass is 9.87. The molecule has 1 atom stereocenters. The SMILES string of the molecule is CC(=O)Oc1ccc2c(C)c(CC(=O)N[C@H]3CCCc4ccccc43)c(=O)oc2c1OC(C)=O. The Balaban J connectivity index is 1.66. The second-order valence-corrected chi connectivity index (χ2v) is 8.34. The van der Waals surface area contributed by atoms with Crippen LogP contribution in [0.4, 0.5) is 0 Å². The predicted octanol–water partition coefficient (Wildman–Crippen LogP) is 3.69. The molecule has 1 aliphatic carbocycles. The number of rotatable bonds is 5. The molecule has 0 spiro atoms. The molecular formula is C26H25NO7. The molecule has 1 heterocycles. The van der Waals surface area contributed by atoms with Crippen molar-refractivity contribution in [1.29, 1.82) is 0 Å². The van der Waals surface area contributed by atoms with E-state index in [0.717, 1.165) is 24.8 Å². The van der Waals surface area contributed by atoms with E-state index in [1.807, 2.05) is 18.2 Å². The van der Waals surface area contributed by atoms with E-state index in [9.17, 15) is 19.2 Å². The third-order valence-electron chi connectivity index (χ3n) is 5.92. The molecule has 0 radical (unpaired) electrons. The van der Waals surface area contributed by atoms with E-state index in [1.54, 1.807) is 13.0 Å². The second kappa shape index (κ2) is 9.51. The molecule has 2 aromatic carbocycles. The first-order valence-corrected chi connectivity index (χ1v) is 11.1. The molecule has 8 heteroatoms. The van der Waals surface area contributed by atoms with Gasteiger partial charge >= 0.3 is 17.6 Å². The van der Waals surface area contributed by atoms with E-state index in [0.29, 0.717) is 10.9 Å². The Kier molecular flexibility index (Phi) is 6.49. The molecule has 1 N–H and O–H groups in total. The van der Waals surface area contributed by atoms with Crippen LogP contribution in [0.5, 0.6) is 11.5 Å². The monoisotopic (exact) mass is 463 g/mol. The lowest BCUT2D eigenvalue weighted by Crippen LogP contribution is -2.33. The highest BCUT2D eigenvalue weighted by Gasteiger charge is 2.24. The fourth-order valence-corrected chi connectivity index (χ4v) is 4.40. The Morgan fingerprint density at radius 1 is 1.06 bits per heavy atom. The van der Waals surface area contributed by atoms with Crippen LogP contribution in [-0.4, -0.2) is 17.8 Å². The highest BCUT2D eigenvalue weighted by atomic mass is 16.6. The van der Waals surface area contributed by atoms with Crippen LogP contribution in [0.15, 0.2) is 45.6 Å². The van der Waals surface area contributed by atoms with Gasteiger partial charge in [0.2, 0.25) is 11.7 Å². The Bertz CT molecular complexity index is 1360. The van der Waals surface area contributed by atoms with Gasteiger partial charge < -0.3 is 19.2 Å². The summed E-state index contributed by atoms with van der Waals surface area (Å²) in [6, 6.07) is 11.0. The van der Waals surface area contributed by atoms with Crippen LogP contribution in [-0.2, 0) is 27.2 Å². The zero-order valence-electron chi connectivity index (χ0n) is 19.2. The predicted molar refractivity (Wildman–Crippen MR) is 124 cm³/mol. The number of ether oxygens (including phenoxy) is 2.